The van der Waals surface area contributed by atoms with Crippen molar-refractivity contribution in [2.45, 2.75) is 70.2 Å². The Balaban J connectivity index is 1.85. The first kappa shape index (κ1) is 19.0. The van der Waals surface area contributed by atoms with E-state index in [4.69, 9.17) is 0 Å². The van der Waals surface area contributed by atoms with E-state index in [0.717, 1.165) is 19.3 Å². The highest BCUT2D eigenvalue weighted by molar-refractivity contribution is 7.99. The lowest BCUT2D eigenvalue weighted by molar-refractivity contribution is -0.134. The van der Waals surface area contributed by atoms with E-state index in [1.165, 1.54) is 18.2 Å². The van der Waals surface area contributed by atoms with Crippen molar-refractivity contribution in [3.05, 3.63) is 34.6 Å². The van der Waals surface area contributed by atoms with Crippen molar-refractivity contribution in [1.82, 2.24) is 14.5 Å². The summed E-state index contributed by atoms with van der Waals surface area (Å²) in [4.78, 5) is 32.3. The molecule has 140 valence electrons. The number of hydrogen-bond acceptors (Lipinski definition) is 4. The number of rotatable bonds is 5. The maximum absolute atomic E-state index is 12.8. The average molecular weight is 374 g/mol. The third-order valence-electron chi connectivity index (χ3n) is 5.08. The first-order valence-corrected chi connectivity index (χ1v) is 10.4. The molecule has 26 heavy (non-hydrogen) atoms. The Morgan fingerprint density at radius 2 is 1.92 bits per heavy atom. The van der Waals surface area contributed by atoms with Crippen molar-refractivity contribution in [3.63, 3.8) is 0 Å². The zero-order valence-electron chi connectivity index (χ0n) is 15.8. The Morgan fingerprint density at radius 3 is 2.62 bits per heavy atom. The van der Waals surface area contributed by atoms with E-state index in [1.54, 1.807) is 4.57 Å². The van der Waals surface area contributed by atoms with Crippen LogP contribution < -0.4 is 5.56 Å². The normalized spacial score (nSPS) is 20.5. The summed E-state index contributed by atoms with van der Waals surface area (Å²) < 4.78 is 1.71. The molecule has 1 aliphatic rings. The summed E-state index contributed by atoms with van der Waals surface area (Å²) in [5.74, 6) is 0.462. The quantitative estimate of drug-likeness (QED) is 0.592. The van der Waals surface area contributed by atoms with Gasteiger partial charge in [-0.25, -0.2) is 4.98 Å². The van der Waals surface area contributed by atoms with E-state index in [9.17, 15) is 9.59 Å². The van der Waals surface area contributed by atoms with Gasteiger partial charge in [-0.2, -0.15) is 0 Å². The van der Waals surface area contributed by atoms with Crippen LogP contribution >= 0.6 is 11.8 Å². The highest BCUT2D eigenvalue weighted by Gasteiger charge is 2.29. The molecular formula is C20H27N3O2S. The monoisotopic (exact) mass is 373 g/mol. The molecule has 2 atom stereocenters. The first-order chi connectivity index (χ1) is 12.5. The second kappa shape index (κ2) is 8.25. The van der Waals surface area contributed by atoms with Crippen molar-refractivity contribution >= 4 is 28.6 Å². The highest BCUT2D eigenvalue weighted by atomic mass is 32.2. The van der Waals surface area contributed by atoms with Gasteiger partial charge in [-0.3, -0.25) is 14.2 Å². The van der Waals surface area contributed by atoms with Gasteiger partial charge in [-0.05, 0) is 51.7 Å². The Morgan fingerprint density at radius 1 is 1.23 bits per heavy atom. The summed E-state index contributed by atoms with van der Waals surface area (Å²) >= 11 is 1.38. The molecule has 1 saturated heterocycles. The van der Waals surface area contributed by atoms with Crippen LogP contribution in [0.25, 0.3) is 10.9 Å². The number of para-hydroxylation sites is 1. The zero-order valence-corrected chi connectivity index (χ0v) is 16.6. The average Bonchev–Trinajstić information content (AvgIpc) is 2.62. The molecule has 0 spiro atoms. The molecule has 2 heterocycles. The maximum atomic E-state index is 12.8. The molecule has 3 rings (SSSR count). The molecule has 2 aromatic rings. The maximum Gasteiger partial charge on any atom is 0.262 e. The highest BCUT2D eigenvalue weighted by Crippen LogP contribution is 2.25. The van der Waals surface area contributed by atoms with Gasteiger partial charge in [0.15, 0.2) is 5.16 Å². The number of nitrogens with zero attached hydrogens (tertiary/aromatic N) is 3. The van der Waals surface area contributed by atoms with Gasteiger partial charge in [0.2, 0.25) is 5.91 Å². The molecule has 1 aromatic carbocycles. The lowest BCUT2D eigenvalue weighted by atomic mass is 9.98. The number of benzene rings is 1. The fraction of sp³-hybridized carbons (Fsp3) is 0.550. The Kier molecular flexibility index (Phi) is 6.01. The van der Waals surface area contributed by atoms with Gasteiger partial charge >= 0.3 is 0 Å². The third-order valence-corrected chi connectivity index (χ3v) is 6.04. The zero-order chi connectivity index (χ0) is 18.7. The molecule has 5 nitrogen and oxygen atoms in total. The second-order valence-corrected chi connectivity index (χ2v) is 8.03. The van der Waals surface area contributed by atoms with Crippen molar-refractivity contribution < 1.29 is 4.79 Å². The van der Waals surface area contributed by atoms with Crippen LogP contribution in [0.1, 0.15) is 46.5 Å². The van der Waals surface area contributed by atoms with Crippen LogP contribution in [-0.4, -0.2) is 38.2 Å². The van der Waals surface area contributed by atoms with Gasteiger partial charge in [0.1, 0.15) is 0 Å². The summed E-state index contributed by atoms with van der Waals surface area (Å²) in [7, 11) is 0. The van der Waals surface area contributed by atoms with E-state index in [1.807, 2.05) is 36.1 Å². The number of hydrogen-bond donors (Lipinski definition) is 0. The predicted octanol–water partition coefficient (Wildman–Crippen LogP) is 3.69. The summed E-state index contributed by atoms with van der Waals surface area (Å²) in [6.07, 6.45) is 4.16. The van der Waals surface area contributed by atoms with Gasteiger partial charge in [-0.15, -0.1) is 0 Å². The van der Waals surface area contributed by atoms with Crippen LogP contribution in [0.15, 0.2) is 34.2 Å². The Bertz CT molecular complexity index is 839. The van der Waals surface area contributed by atoms with E-state index < -0.39 is 0 Å². The molecule has 0 saturated carbocycles. The van der Waals surface area contributed by atoms with Gasteiger partial charge in [0.05, 0.1) is 16.7 Å². The van der Waals surface area contributed by atoms with Crippen LogP contribution in [0.4, 0.5) is 0 Å². The molecule has 1 aliphatic heterocycles. The molecule has 0 bridgehead atoms. The first-order valence-electron chi connectivity index (χ1n) is 9.46. The van der Waals surface area contributed by atoms with Crippen molar-refractivity contribution in [1.29, 1.82) is 0 Å². The summed E-state index contributed by atoms with van der Waals surface area (Å²) in [6.45, 7) is 6.90. The third kappa shape index (κ3) is 3.80. The van der Waals surface area contributed by atoms with Crippen LogP contribution in [0, 0.1) is 0 Å². The number of amides is 1. The van der Waals surface area contributed by atoms with E-state index in [2.05, 4.69) is 18.8 Å². The van der Waals surface area contributed by atoms with Crippen LogP contribution in [0.3, 0.4) is 0 Å². The summed E-state index contributed by atoms with van der Waals surface area (Å²) in [6, 6.07) is 7.98. The van der Waals surface area contributed by atoms with E-state index in [0.29, 0.717) is 28.4 Å². The van der Waals surface area contributed by atoms with Crippen LogP contribution in [0.2, 0.25) is 0 Å². The Hall–Kier alpha value is -1.82. The minimum Gasteiger partial charge on any atom is -0.337 e. The van der Waals surface area contributed by atoms with Crippen molar-refractivity contribution in [3.8, 4) is 0 Å². The van der Waals surface area contributed by atoms with Crippen molar-refractivity contribution in [2.24, 2.45) is 0 Å². The molecule has 1 fully saturated rings. The number of carbonyl (C=O) groups excluding carboxylic acids is 1. The molecule has 0 unspecified atom stereocenters. The topological polar surface area (TPSA) is 55.2 Å². The van der Waals surface area contributed by atoms with Crippen LogP contribution in [0.5, 0.6) is 0 Å². The Labute approximate surface area is 158 Å². The van der Waals surface area contributed by atoms with Gasteiger partial charge in [-0.1, -0.05) is 30.8 Å². The summed E-state index contributed by atoms with van der Waals surface area (Å²) in [5.41, 5.74) is 0.673. The lowest BCUT2D eigenvalue weighted by Gasteiger charge is -2.39. The van der Waals surface area contributed by atoms with Gasteiger partial charge < -0.3 is 4.90 Å². The second-order valence-electron chi connectivity index (χ2n) is 7.09. The number of fused-ring (bicyclic) bond motifs is 1. The minimum absolute atomic E-state index is 0.0212. The van der Waals surface area contributed by atoms with E-state index >= 15 is 0 Å². The largest absolute Gasteiger partial charge is 0.337 e. The minimum atomic E-state index is -0.0212. The number of likely N-dealkylation sites (tertiary alicyclic amines) is 1. The molecule has 6 heteroatoms. The number of thioether (sulfide) groups is 1. The molecule has 0 N–H and O–H groups in total. The molecule has 0 radical (unpaired) electrons. The number of piperidine rings is 1. The SMILES string of the molecule is CCCn1c(SCC(=O)N2[C@H](C)CCC[C@@H]2C)nc2ccccc2c1=O. The van der Waals surface area contributed by atoms with Gasteiger partial charge in [0, 0.05) is 18.6 Å². The smallest absolute Gasteiger partial charge is 0.262 e. The molecule has 1 aromatic heterocycles. The fourth-order valence-corrected chi connectivity index (χ4v) is 4.69. The van der Waals surface area contributed by atoms with Crippen LogP contribution in [-0.2, 0) is 11.3 Å². The fourth-order valence-electron chi connectivity index (χ4n) is 3.79. The standard InChI is InChI=1S/C20H27N3O2S/c1-4-12-22-19(25)16-10-5-6-11-17(16)21-20(22)26-13-18(24)23-14(2)8-7-9-15(23)3/h5-6,10-11,14-15H,4,7-9,12-13H2,1-3H3/t14-,15+. The predicted molar refractivity (Wildman–Crippen MR) is 107 cm³/mol. The van der Waals surface area contributed by atoms with Gasteiger partial charge in [0.25, 0.3) is 5.56 Å². The number of carbonyl (C=O) groups is 1. The van der Waals surface area contributed by atoms with E-state index in [-0.39, 0.29) is 23.6 Å². The van der Waals surface area contributed by atoms with Crippen molar-refractivity contribution in [2.75, 3.05) is 5.75 Å². The number of aromatic nitrogens is 2. The molecule has 1 amide bonds. The summed E-state index contributed by atoms with van der Waals surface area (Å²) in [5, 5.41) is 1.27. The molecule has 0 aliphatic carbocycles. The molecular weight excluding hydrogens is 346 g/mol. The lowest BCUT2D eigenvalue weighted by Crippen LogP contribution is -2.48.